The smallest absolute Gasteiger partial charge is 0.398 e. The summed E-state index contributed by atoms with van der Waals surface area (Å²) in [7, 11) is 0. The lowest BCUT2D eigenvalue weighted by atomic mass is 10.3. The Morgan fingerprint density at radius 2 is 2.11 bits per heavy atom. The maximum atomic E-state index is 11.7. The predicted octanol–water partition coefficient (Wildman–Crippen LogP) is 3.20. The average molecular weight is 317 g/mol. The Morgan fingerprint density at radius 3 is 2.68 bits per heavy atom. The first kappa shape index (κ1) is 13.9. The number of hydrazine groups is 1. The Bertz CT molecular complexity index is 595. The molecular weight excluding hydrogens is 308 g/mol. The van der Waals surface area contributed by atoms with Crippen molar-refractivity contribution in [3.8, 4) is 5.06 Å². The van der Waals surface area contributed by atoms with Gasteiger partial charge in [-0.25, -0.2) is 10.2 Å². The summed E-state index contributed by atoms with van der Waals surface area (Å²) in [6, 6.07) is 3.39. The molecule has 100 valence electrons. The van der Waals surface area contributed by atoms with Crippen LogP contribution in [0.2, 0.25) is 5.02 Å². The van der Waals surface area contributed by atoms with E-state index in [4.69, 9.17) is 16.3 Å². The topological polar surface area (TPSA) is 67.4 Å². The molecule has 0 fully saturated rings. The summed E-state index contributed by atoms with van der Waals surface area (Å²) in [4.78, 5) is 23.4. The van der Waals surface area contributed by atoms with Gasteiger partial charge in [-0.3, -0.25) is 10.2 Å². The number of hydrogen-bond acceptors (Lipinski definition) is 5. The zero-order chi connectivity index (χ0) is 13.8. The van der Waals surface area contributed by atoms with E-state index in [1.807, 2.05) is 0 Å². The monoisotopic (exact) mass is 316 g/mol. The maximum absolute atomic E-state index is 11.7. The van der Waals surface area contributed by atoms with Gasteiger partial charge in [0.15, 0.2) is 5.06 Å². The number of aryl methyl sites for hydroxylation is 1. The molecule has 0 unspecified atom stereocenters. The van der Waals surface area contributed by atoms with Crippen LogP contribution in [0.15, 0.2) is 22.9 Å². The summed E-state index contributed by atoms with van der Waals surface area (Å²) in [6.45, 7) is 1.80. The quantitative estimate of drug-likeness (QED) is 0.836. The van der Waals surface area contributed by atoms with Gasteiger partial charge < -0.3 is 4.74 Å². The largest absolute Gasteiger partial charge is 0.432 e. The minimum atomic E-state index is -0.764. The van der Waals surface area contributed by atoms with Crippen LogP contribution in [0.25, 0.3) is 0 Å². The second kappa shape index (κ2) is 6.05. The number of thiophene rings is 2. The maximum Gasteiger partial charge on any atom is 0.432 e. The average Bonchev–Trinajstić information content (AvgIpc) is 2.99. The van der Waals surface area contributed by atoms with Gasteiger partial charge >= 0.3 is 6.09 Å². The fraction of sp³-hybridized carbons (Fsp3) is 0.0909. The molecule has 2 rings (SSSR count). The molecule has 2 amide bonds. The fourth-order valence-electron chi connectivity index (χ4n) is 1.19. The van der Waals surface area contributed by atoms with Crippen LogP contribution in [0.3, 0.4) is 0 Å². The molecule has 0 atom stereocenters. The van der Waals surface area contributed by atoms with E-state index >= 15 is 0 Å². The zero-order valence-electron chi connectivity index (χ0n) is 9.73. The van der Waals surface area contributed by atoms with Crippen LogP contribution >= 0.6 is 34.3 Å². The molecule has 19 heavy (non-hydrogen) atoms. The second-order valence-corrected chi connectivity index (χ2v) is 5.63. The number of halogens is 1. The third-order valence-corrected chi connectivity index (χ3v) is 4.51. The van der Waals surface area contributed by atoms with Gasteiger partial charge in [-0.2, -0.15) is 0 Å². The van der Waals surface area contributed by atoms with Gasteiger partial charge in [-0.1, -0.05) is 11.6 Å². The van der Waals surface area contributed by atoms with Gasteiger partial charge in [0.2, 0.25) is 0 Å². The van der Waals surface area contributed by atoms with Crippen LogP contribution in [-0.4, -0.2) is 12.0 Å². The van der Waals surface area contributed by atoms with E-state index in [2.05, 4.69) is 10.9 Å². The number of ether oxygens (including phenoxy) is 1. The molecule has 0 spiro atoms. The fourth-order valence-corrected chi connectivity index (χ4v) is 2.93. The van der Waals surface area contributed by atoms with E-state index in [1.54, 1.807) is 29.8 Å². The van der Waals surface area contributed by atoms with E-state index in [0.29, 0.717) is 15.0 Å². The van der Waals surface area contributed by atoms with Crippen molar-refractivity contribution >= 4 is 46.3 Å². The van der Waals surface area contributed by atoms with Crippen molar-refractivity contribution in [2.75, 3.05) is 0 Å². The molecule has 2 heterocycles. The molecule has 0 aliphatic rings. The third kappa shape index (κ3) is 3.46. The number of carbonyl (C=O) groups is 2. The first-order valence-corrected chi connectivity index (χ1v) is 7.27. The highest BCUT2D eigenvalue weighted by Gasteiger charge is 2.15. The van der Waals surface area contributed by atoms with Gasteiger partial charge in [-0.15, -0.1) is 22.7 Å². The van der Waals surface area contributed by atoms with Gasteiger partial charge in [0.1, 0.15) is 4.88 Å². The SMILES string of the molecule is Cc1csc(C(=O)NNC(=O)Oc2cccs2)c1Cl. The van der Waals surface area contributed by atoms with E-state index in [0.717, 1.165) is 5.56 Å². The summed E-state index contributed by atoms with van der Waals surface area (Å²) < 4.78 is 4.90. The van der Waals surface area contributed by atoms with Crippen LogP contribution in [0.1, 0.15) is 15.2 Å². The first-order valence-electron chi connectivity index (χ1n) is 5.13. The van der Waals surface area contributed by atoms with Gasteiger partial charge in [0.25, 0.3) is 5.91 Å². The molecular formula is C11H9ClN2O3S2. The van der Waals surface area contributed by atoms with Crippen LogP contribution in [0, 0.1) is 6.92 Å². The van der Waals surface area contributed by atoms with Gasteiger partial charge in [0, 0.05) is 0 Å². The highest BCUT2D eigenvalue weighted by molar-refractivity contribution is 7.13. The number of hydrogen-bond donors (Lipinski definition) is 2. The lowest BCUT2D eigenvalue weighted by molar-refractivity contribution is 0.0933. The lowest BCUT2D eigenvalue weighted by Gasteiger charge is -2.06. The highest BCUT2D eigenvalue weighted by atomic mass is 35.5. The van der Waals surface area contributed by atoms with E-state index in [9.17, 15) is 9.59 Å². The molecule has 0 aromatic carbocycles. The number of rotatable bonds is 2. The van der Waals surface area contributed by atoms with Crippen molar-refractivity contribution < 1.29 is 14.3 Å². The summed E-state index contributed by atoms with van der Waals surface area (Å²) in [5, 5.41) is 4.36. The van der Waals surface area contributed by atoms with E-state index < -0.39 is 12.0 Å². The molecule has 5 nitrogen and oxygen atoms in total. The molecule has 0 saturated carbocycles. The Labute approximate surface area is 122 Å². The molecule has 2 aromatic heterocycles. The standard InChI is InChI=1S/C11H9ClN2O3S2/c1-6-5-19-9(8(6)12)10(15)13-14-11(16)17-7-3-2-4-18-7/h2-5H,1H3,(H,13,15)(H,14,16). The Morgan fingerprint density at radius 1 is 1.32 bits per heavy atom. The first-order chi connectivity index (χ1) is 9.08. The van der Waals surface area contributed by atoms with Crippen LogP contribution in [0.4, 0.5) is 4.79 Å². The number of nitrogens with one attached hydrogen (secondary N) is 2. The molecule has 0 bridgehead atoms. The van der Waals surface area contributed by atoms with Crippen molar-refractivity contribution in [2.24, 2.45) is 0 Å². The molecule has 0 saturated heterocycles. The molecule has 0 aliphatic carbocycles. The molecule has 8 heteroatoms. The summed E-state index contributed by atoms with van der Waals surface area (Å²) in [5.74, 6) is -0.480. The Balaban J connectivity index is 1.87. The van der Waals surface area contributed by atoms with Crippen molar-refractivity contribution in [2.45, 2.75) is 6.92 Å². The summed E-state index contributed by atoms with van der Waals surface area (Å²) in [5.41, 5.74) is 5.20. The highest BCUT2D eigenvalue weighted by Crippen LogP contribution is 2.26. The molecule has 2 aromatic rings. The summed E-state index contributed by atoms with van der Waals surface area (Å²) in [6.07, 6.45) is -0.764. The normalized spacial score (nSPS) is 10.0. The predicted molar refractivity (Wildman–Crippen MR) is 75.0 cm³/mol. The van der Waals surface area contributed by atoms with Crippen molar-refractivity contribution in [3.63, 3.8) is 0 Å². The lowest BCUT2D eigenvalue weighted by Crippen LogP contribution is -2.42. The van der Waals surface area contributed by atoms with Crippen molar-refractivity contribution in [1.29, 1.82) is 0 Å². The molecule has 0 radical (unpaired) electrons. The zero-order valence-corrected chi connectivity index (χ0v) is 12.1. The number of carbonyl (C=O) groups excluding carboxylic acids is 2. The summed E-state index contributed by atoms with van der Waals surface area (Å²) >= 11 is 8.42. The molecule has 2 N–H and O–H groups in total. The minimum Gasteiger partial charge on any atom is -0.398 e. The third-order valence-electron chi connectivity index (χ3n) is 2.07. The van der Waals surface area contributed by atoms with Crippen LogP contribution in [0.5, 0.6) is 5.06 Å². The van der Waals surface area contributed by atoms with Crippen molar-refractivity contribution in [3.05, 3.63) is 38.4 Å². The molecule has 0 aliphatic heterocycles. The van der Waals surface area contributed by atoms with E-state index in [1.165, 1.54) is 22.7 Å². The van der Waals surface area contributed by atoms with Crippen LogP contribution in [-0.2, 0) is 0 Å². The minimum absolute atomic E-state index is 0.343. The Hall–Kier alpha value is -1.57. The van der Waals surface area contributed by atoms with Gasteiger partial charge in [-0.05, 0) is 35.4 Å². The number of amides is 2. The van der Waals surface area contributed by atoms with Crippen LogP contribution < -0.4 is 15.6 Å². The Kier molecular flexibility index (Phi) is 4.41. The van der Waals surface area contributed by atoms with Gasteiger partial charge in [0.05, 0.1) is 5.02 Å². The second-order valence-electron chi connectivity index (χ2n) is 3.46. The van der Waals surface area contributed by atoms with E-state index in [-0.39, 0.29) is 0 Å². The van der Waals surface area contributed by atoms with Crippen molar-refractivity contribution in [1.82, 2.24) is 10.9 Å².